The molecule has 2 saturated heterocycles. The normalized spacial score (nSPS) is 22.0. The van der Waals surface area contributed by atoms with Crippen LogP contribution < -0.4 is 5.32 Å². The first-order valence-corrected chi connectivity index (χ1v) is 8.55. The minimum atomic E-state index is 0. The highest BCUT2D eigenvalue weighted by Crippen LogP contribution is 2.23. The Hall–Kier alpha value is -0.520. The van der Waals surface area contributed by atoms with Crippen molar-refractivity contribution in [2.75, 3.05) is 39.3 Å². The van der Waals surface area contributed by atoms with Crippen LogP contribution in [0.5, 0.6) is 0 Å². The molecule has 1 aromatic carbocycles. The Bertz CT molecular complexity index is 541. The van der Waals surface area contributed by atoms with Gasteiger partial charge in [-0.1, -0.05) is 29.3 Å². The maximum atomic E-state index is 12.4. The molecule has 0 radical (unpaired) electrons. The van der Waals surface area contributed by atoms with Crippen molar-refractivity contribution in [3.63, 3.8) is 0 Å². The van der Waals surface area contributed by atoms with Gasteiger partial charge >= 0.3 is 0 Å². The molecule has 1 N–H and O–H groups in total. The lowest BCUT2D eigenvalue weighted by Gasteiger charge is -2.37. The van der Waals surface area contributed by atoms with Crippen molar-refractivity contribution in [1.82, 2.24) is 15.1 Å². The highest BCUT2D eigenvalue weighted by molar-refractivity contribution is 6.42. The minimum Gasteiger partial charge on any atom is -0.340 e. The summed E-state index contributed by atoms with van der Waals surface area (Å²) in [5.74, 6) is 0.169. The van der Waals surface area contributed by atoms with Crippen LogP contribution in [0, 0.1) is 0 Å². The van der Waals surface area contributed by atoms with E-state index in [9.17, 15) is 4.79 Å². The quantitative estimate of drug-likeness (QED) is 0.877. The topological polar surface area (TPSA) is 35.6 Å². The number of halogens is 3. The number of amides is 1. The minimum absolute atomic E-state index is 0. The Kier molecular flexibility index (Phi) is 6.99. The molecule has 1 unspecified atom stereocenters. The number of hydrogen-bond acceptors (Lipinski definition) is 3. The van der Waals surface area contributed by atoms with Gasteiger partial charge in [0.2, 0.25) is 5.91 Å². The van der Waals surface area contributed by atoms with Gasteiger partial charge in [0.1, 0.15) is 0 Å². The molecule has 0 bridgehead atoms. The van der Waals surface area contributed by atoms with Crippen LogP contribution in [-0.4, -0.2) is 61.0 Å². The first-order chi connectivity index (χ1) is 10.6. The van der Waals surface area contributed by atoms with Crippen molar-refractivity contribution < 1.29 is 4.79 Å². The molecule has 1 aromatic rings. The fraction of sp³-hybridized carbons (Fsp3) is 0.562. The molecule has 128 valence electrons. The fourth-order valence-electron chi connectivity index (χ4n) is 3.22. The largest absolute Gasteiger partial charge is 0.340 e. The Morgan fingerprint density at radius 1 is 1.17 bits per heavy atom. The SMILES string of the molecule is Cl.O=C(Cc1ccc(Cl)c(Cl)c1)N1CCN(C2CCNC2)CC1. The molecule has 3 rings (SSSR count). The van der Waals surface area contributed by atoms with Gasteiger partial charge in [-0.3, -0.25) is 9.69 Å². The summed E-state index contributed by atoms with van der Waals surface area (Å²) in [6.07, 6.45) is 1.61. The van der Waals surface area contributed by atoms with Crippen molar-refractivity contribution in [2.45, 2.75) is 18.9 Å². The fourth-order valence-corrected chi connectivity index (χ4v) is 3.54. The smallest absolute Gasteiger partial charge is 0.227 e. The molecule has 0 aromatic heterocycles. The number of nitrogens with zero attached hydrogens (tertiary/aromatic N) is 2. The van der Waals surface area contributed by atoms with Gasteiger partial charge in [-0.05, 0) is 30.7 Å². The van der Waals surface area contributed by atoms with E-state index >= 15 is 0 Å². The Morgan fingerprint density at radius 2 is 1.91 bits per heavy atom. The summed E-state index contributed by atoms with van der Waals surface area (Å²) >= 11 is 11.9. The van der Waals surface area contributed by atoms with E-state index < -0.39 is 0 Å². The van der Waals surface area contributed by atoms with E-state index in [0.717, 1.165) is 44.8 Å². The van der Waals surface area contributed by atoms with Crippen LogP contribution in [0.25, 0.3) is 0 Å². The van der Waals surface area contributed by atoms with Crippen molar-refractivity contribution in [3.05, 3.63) is 33.8 Å². The second-order valence-electron chi connectivity index (χ2n) is 5.99. The maximum Gasteiger partial charge on any atom is 0.227 e. The predicted octanol–water partition coefficient (Wildman–Crippen LogP) is 2.46. The van der Waals surface area contributed by atoms with E-state index in [1.54, 1.807) is 12.1 Å². The lowest BCUT2D eigenvalue weighted by atomic mass is 10.1. The third kappa shape index (κ3) is 4.74. The highest BCUT2D eigenvalue weighted by atomic mass is 35.5. The molecule has 0 saturated carbocycles. The van der Waals surface area contributed by atoms with Gasteiger partial charge in [-0.25, -0.2) is 0 Å². The Labute approximate surface area is 153 Å². The predicted molar refractivity (Wildman–Crippen MR) is 96.8 cm³/mol. The molecule has 1 atom stereocenters. The molecule has 23 heavy (non-hydrogen) atoms. The average Bonchev–Trinajstić information content (AvgIpc) is 3.05. The van der Waals surface area contributed by atoms with Crippen LogP contribution in [0.15, 0.2) is 18.2 Å². The molecule has 1 amide bonds. The first kappa shape index (κ1) is 18.8. The number of carbonyl (C=O) groups excluding carboxylic acids is 1. The van der Waals surface area contributed by atoms with Gasteiger partial charge in [0.05, 0.1) is 16.5 Å². The number of rotatable bonds is 3. The summed E-state index contributed by atoms with van der Waals surface area (Å²) in [5, 5.41) is 4.43. The molecule has 0 aliphatic carbocycles. The van der Waals surface area contributed by atoms with E-state index in [0.29, 0.717) is 22.5 Å². The van der Waals surface area contributed by atoms with E-state index in [1.807, 2.05) is 11.0 Å². The maximum absolute atomic E-state index is 12.4. The zero-order valence-electron chi connectivity index (χ0n) is 12.9. The zero-order valence-corrected chi connectivity index (χ0v) is 15.3. The van der Waals surface area contributed by atoms with E-state index in [-0.39, 0.29) is 18.3 Å². The molecule has 2 fully saturated rings. The summed E-state index contributed by atoms with van der Waals surface area (Å²) in [4.78, 5) is 16.9. The third-order valence-corrected chi connectivity index (χ3v) is 5.30. The van der Waals surface area contributed by atoms with Crippen LogP contribution in [0.3, 0.4) is 0 Å². The highest BCUT2D eigenvalue weighted by Gasteiger charge is 2.27. The monoisotopic (exact) mass is 377 g/mol. The summed E-state index contributed by atoms with van der Waals surface area (Å²) in [7, 11) is 0. The molecule has 0 spiro atoms. The lowest BCUT2D eigenvalue weighted by Crippen LogP contribution is -2.52. The van der Waals surface area contributed by atoms with Crippen molar-refractivity contribution in [3.8, 4) is 0 Å². The molecule has 4 nitrogen and oxygen atoms in total. The van der Waals surface area contributed by atoms with Crippen LogP contribution >= 0.6 is 35.6 Å². The standard InChI is InChI=1S/C16H21Cl2N3O.ClH/c17-14-2-1-12(9-15(14)18)10-16(22)21-7-5-20(6-8-21)13-3-4-19-11-13;/h1-2,9,13,19H,3-8,10-11H2;1H. The van der Waals surface area contributed by atoms with Gasteiger partial charge in [-0.15, -0.1) is 12.4 Å². The number of hydrogen-bond donors (Lipinski definition) is 1. The second-order valence-corrected chi connectivity index (χ2v) is 6.80. The molecule has 2 aliphatic heterocycles. The van der Waals surface area contributed by atoms with Gasteiger partial charge in [0.15, 0.2) is 0 Å². The second kappa shape index (κ2) is 8.54. The van der Waals surface area contributed by atoms with Gasteiger partial charge in [0.25, 0.3) is 0 Å². The molecular formula is C16H22Cl3N3O. The van der Waals surface area contributed by atoms with Gasteiger partial charge in [-0.2, -0.15) is 0 Å². The van der Waals surface area contributed by atoms with Crippen LogP contribution in [0.1, 0.15) is 12.0 Å². The summed E-state index contributed by atoms with van der Waals surface area (Å²) in [6.45, 7) is 5.77. The number of carbonyl (C=O) groups is 1. The Balaban J connectivity index is 0.00000192. The zero-order chi connectivity index (χ0) is 15.5. The molecule has 7 heteroatoms. The molecular weight excluding hydrogens is 357 g/mol. The first-order valence-electron chi connectivity index (χ1n) is 7.80. The molecule has 2 heterocycles. The summed E-state index contributed by atoms with van der Waals surface area (Å²) in [6, 6.07) is 6.04. The average molecular weight is 379 g/mol. The van der Waals surface area contributed by atoms with Gasteiger partial charge < -0.3 is 10.2 Å². The Morgan fingerprint density at radius 3 is 2.52 bits per heavy atom. The van der Waals surface area contributed by atoms with Gasteiger partial charge in [0, 0.05) is 38.8 Å². The van der Waals surface area contributed by atoms with Crippen LogP contribution in [-0.2, 0) is 11.2 Å². The van der Waals surface area contributed by atoms with Crippen molar-refractivity contribution >= 4 is 41.5 Å². The van der Waals surface area contributed by atoms with E-state index in [2.05, 4.69) is 10.2 Å². The van der Waals surface area contributed by atoms with E-state index in [4.69, 9.17) is 23.2 Å². The summed E-state index contributed by atoms with van der Waals surface area (Å²) < 4.78 is 0. The van der Waals surface area contributed by atoms with Crippen molar-refractivity contribution in [1.29, 1.82) is 0 Å². The summed E-state index contributed by atoms with van der Waals surface area (Å²) in [5.41, 5.74) is 0.918. The van der Waals surface area contributed by atoms with Crippen molar-refractivity contribution in [2.24, 2.45) is 0 Å². The number of benzene rings is 1. The third-order valence-electron chi connectivity index (χ3n) is 4.56. The molecule has 2 aliphatic rings. The number of piperazine rings is 1. The lowest BCUT2D eigenvalue weighted by molar-refractivity contribution is -0.132. The van der Waals surface area contributed by atoms with Crippen LogP contribution in [0.2, 0.25) is 10.0 Å². The van der Waals surface area contributed by atoms with Crippen LogP contribution in [0.4, 0.5) is 0 Å². The van der Waals surface area contributed by atoms with E-state index in [1.165, 1.54) is 6.42 Å². The number of nitrogens with one attached hydrogen (secondary N) is 1.